The smallest absolute Gasteiger partial charge is 0.390 e. The zero-order chi connectivity index (χ0) is 19.0. The van der Waals surface area contributed by atoms with Gasteiger partial charge in [0.1, 0.15) is 5.82 Å². The predicted molar refractivity (Wildman–Crippen MR) is 92.8 cm³/mol. The van der Waals surface area contributed by atoms with Crippen molar-refractivity contribution < 1.29 is 18.3 Å². The number of aliphatic hydroxyl groups is 1. The average Bonchev–Trinajstić information content (AvgIpc) is 2.97. The zero-order valence-electron chi connectivity index (χ0n) is 14.0. The number of aliphatic hydroxyl groups excluding tert-OH is 1. The molecule has 1 aliphatic carbocycles. The maximum Gasteiger partial charge on any atom is 0.433 e. The molecule has 0 spiro atoms. The van der Waals surface area contributed by atoms with Crippen LogP contribution in [0.3, 0.4) is 0 Å². The Hall–Kier alpha value is -3.00. The monoisotopic (exact) mass is 372 g/mol. The van der Waals surface area contributed by atoms with E-state index in [0.717, 1.165) is 17.2 Å². The van der Waals surface area contributed by atoms with Gasteiger partial charge in [-0.2, -0.15) is 13.2 Å². The van der Waals surface area contributed by atoms with E-state index in [1.807, 2.05) is 24.3 Å². The molecule has 1 aromatic carbocycles. The van der Waals surface area contributed by atoms with Gasteiger partial charge in [0.15, 0.2) is 11.5 Å². The van der Waals surface area contributed by atoms with Gasteiger partial charge in [0.05, 0.1) is 12.1 Å². The van der Waals surface area contributed by atoms with Gasteiger partial charge in [-0.3, -0.25) is 4.98 Å². The Balaban J connectivity index is 1.74. The fraction of sp³-hybridized carbons (Fsp3) is 0.211. The molecule has 2 heterocycles. The van der Waals surface area contributed by atoms with Crippen molar-refractivity contribution in [2.24, 2.45) is 0 Å². The van der Waals surface area contributed by atoms with Gasteiger partial charge in [-0.1, -0.05) is 24.3 Å². The third-order valence-corrected chi connectivity index (χ3v) is 4.46. The number of fused-ring (bicyclic) bond motifs is 1. The van der Waals surface area contributed by atoms with Crippen LogP contribution in [-0.2, 0) is 12.6 Å². The number of benzene rings is 1. The normalized spacial score (nSPS) is 19.0. The van der Waals surface area contributed by atoms with Gasteiger partial charge < -0.3 is 10.4 Å². The Morgan fingerprint density at radius 2 is 1.78 bits per heavy atom. The summed E-state index contributed by atoms with van der Waals surface area (Å²) in [6.07, 6.45) is -2.02. The number of halogens is 3. The number of aromatic nitrogens is 3. The maximum atomic E-state index is 13.3. The number of rotatable bonds is 3. The minimum absolute atomic E-state index is 0.00453. The molecule has 0 saturated carbocycles. The highest BCUT2D eigenvalue weighted by molar-refractivity contribution is 5.57. The third kappa shape index (κ3) is 3.48. The van der Waals surface area contributed by atoms with Crippen molar-refractivity contribution in [2.75, 3.05) is 5.32 Å². The Morgan fingerprint density at radius 3 is 2.52 bits per heavy atom. The van der Waals surface area contributed by atoms with Gasteiger partial charge in [-0.25, -0.2) is 9.97 Å². The molecule has 5 nitrogen and oxygen atoms in total. The molecular formula is C19H15F3N4O. The third-order valence-electron chi connectivity index (χ3n) is 4.46. The largest absolute Gasteiger partial charge is 0.433 e. The summed E-state index contributed by atoms with van der Waals surface area (Å²) in [4.78, 5) is 11.7. The van der Waals surface area contributed by atoms with Crippen LogP contribution >= 0.6 is 0 Å². The first-order valence-corrected chi connectivity index (χ1v) is 8.31. The minimum atomic E-state index is -4.62. The lowest BCUT2D eigenvalue weighted by Crippen LogP contribution is -2.22. The summed E-state index contributed by atoms with van der Waals surface area (Å²) in [5.41, 5.74) is 1.18. The van der Waals surface area contributed by atoms with Crippen molar-refractivity contribution >= 4 is 5.82 Å². The maximum absolute atomic E-state index is 13.3. The molecule has 8 heteroatoms. The van der Waals surface area contributed by atoms with E-state index in [4.69, 9.17) is 0 Å². The molecule has 0 amide bonds. The van der Waals surface area contributed by atoms with Gasteiger partial charge in [0, 0.05) is 30.4 Å². The van der Waals surface area contributed by atoms with E-state index in [0.29, 0.717) is 12.0 Å². The predicted octanol–water partition coefficient (Wildman–Crippen LogP) is 3.63. The molecule has 2 atom stereocenters. The second-order valence-electron chi connectivity index (χ2n) is 6.29. The summed E-state index contributed by atoms with van der Waals surface area (Å²) < 4.78 is 39.9. The van der Waals surface area contributed by atoms with Crippen LogP contribution in [0.1, 0.15) is 22.9 Å². The summed E-state index contributed by atoms with van der Waals surface area (Å²) in [5.74, 6) is -0.0552. The Morgan fingerprint density at radius 1 is 1.04 bits per heavy atom. The first kappa shape index (κ1) is 17.4. The number of nitrogens with zero attached hydrogens (tertiary/aromatic N) is 3. The summed E-state index contributed by atoms with van der Waals surface area (Å²) in [7, 11) is 0. The Labute approximate surface area is 152 Å². The Kier molecular flexibility index (Phi) is 4.27. The second-order valence-corrected chi connectivity index (χ2v) is 6.29. The molecule has 4 rings (SSSR count). The van der Waals surface area contributed by atoms with Crippen LogP contribution in [-0.4, -0.2) is 26.2 Å². The molecule has 2 N–H and O–H groups in total. The molecule has 2 aromatic heterocycles. The van der Waals surface area contributed by atoms with Crippen LogP contribution < -0.4 is 5.32 Å². The first-order chi connectivity index (χ1) is 12.9. The number of nitrogens with one attached hydrogen (secondary N) is 1. The van der Waals surface area contributed by atoms with E-state index in [2.05, 4.69) is 20.3 Å². The summed E-state index contributed by atoms with van der Waals surface area (Å²) in [5, 5.41) is 13.3. The van der Waals surface area contributed by atoms with Gasteiger partial charge in [-0.15, -0.1) is 0 Å². The van der Waals surface area contributed by atoms with E-state index < -0.39 is 24.0 Å². The minimum Gasteiger partial charge on any atom is -0.390 e. The van der Waals surface area contributed by atoms with Crippen molar-refractivity contribution in [3.05, 3.63) is 71.7 Å². The quantitative estimate of drug-likeness (QED) is 0.735. The number of hydrogen-bond acceptors (Lipinski definition) is 5. The van der Waals surface area contributed by atoms with Crippen LogP contribution in [0.2, 0.25) is 0 Å². The topological polar surface area (TPSA) is 70.9 Å². The van der Waals surface area contributed by atoms with Crippen molar-refractivity contribution in [3.8, 4) is 11.4 Å². The molecule has 0 fully saturated rings. The van der Waals surface area contributed by atoms with Crippen LogP contribution in [0.5, 0.6) is 0 Å². The van der Waals surface area contributed by atoms with Gasteiger partial charge in [0.25, 0.3) is 0 Å². The molecule has 0 unspecified atom stereocenters. The summed E-state index contributed by atoms with van der Waals surface area (Å²) in [6, 6.07) is 10.8. The van der Waals surface area contributed by atoms with E-state index in [-0.39, 0.29) is 11.6 Å². The number of anilines is 1. The van der Waals surface area contributed by atoms with Gasteiger partial charge in [0.2, 0.25) is 0 Å². The lowest BCUT2D eigenvalue weighted by Gasteiger charge is -2.20. The van der Waals surface area contributed by atoms with Crippen LogP contribution in [0, 0.1) is 0 Å². The number of hydrogen-bond donors (Lipinski definition) is 2. The highest BCUT2D eigenvalue weighted by atomic mass is 19.4. The standard InChI is InChI=1S/C19H15F3N4O/c20-19(21,22)15-10-16(26-18(24-15)11-5-7-23-8-6-11)25-17-13-4-2-1-3-12(13)9-14(17)27/h1-8,10,14,17,27H,9H2,(H,24,25,26)/t14-,17+/m0/s1. The number of alkyl halides is 3. The van der Waals surface area contributed by atoms with Crippen molar-refractivity contribution in [1.82, 2.24) is 15.0 Å². The fourth-order valence-corrected chi connectivity index (χ4v) is 3.20. The van der Waals surface area contributed by atoms with E-state index in [1.54, 1.807) is 12.1 Å². The highest BCUT2D eigenvalue weighted by Crippen LogP contribution is 2.36. The first-order valence-electron chi connectivity index (χ1n) is 8.31. The highest BCUT2D eigenvalue weighted by Gasteiger charge is 2.35. The molecular weight excluding hydrogens is 357 g/mol. The van der Waals surface area contributed by atoms with E-state index in [1.165, 1.54) is 12.4 Å². The zero-order valence-corrected chi connectivity index (χ0v) is 14.0. The molecule has 27 heavy (non-hydrogen) atoms. The van der Waals surface area contributed by atoms with Crippen molar-refractivity contribution in [3.63, 3.8) is 0 Å². The van der Waals surface area contributed by atoms with Crippen molar-refractivity contribution in [1.29, 1.82) is 0 Å². The van der Waals surface area contributed by atoms with Gasteiger partial charge in [-0.05, 0) is 23.3 Å². The number of pyridine rings is 1. The molecule has 0 bridgehead atoms. The summed E-state index contributed by atoms with van der Waals surface area (Å²) >= 11 is 0. The lowest BCUT2D eigenvalue weighted by molar-refractivity contribution is -0.141. The van der Waals surface area contributed by atoms with Crippen LogP contribution in [0.25, 0.3) is 11.4 Å². The Bertz CT molecular complexity index is 963. The van der Waals surface area contributed by atoms with E-state index >= 15 is 0 Å². The fourth-order valence-electron chi connectivity index (χ4n) is 3.20. The van der Waals surface area contributed by atoms with Crippen LogP contribution in [0.4, 0.5) is 19.0 Å². The molecule has 138 valence electrons. The van der Waals surface area contributed by atoms with Crippen LogP contribution in [0.15, 0.2) is 54.9 Å². The van der Waals surface area contributed by atoms with Gasteiger partial charge >= 0.3 is 6.18 Å². The lowest BCUT2D eigenvalue weighted by atomic mass is 10.1. The molecule has 0 aliphatic heterocycles. The van der Waals surface area contributed by atoms with E-state index in [9.17, 15) is 18.3 Å². The molecule has 3 aromatic rings. The summed E-state index contributed by atoms with van der Waals surface area (Å²) in [6.45, 7) is 0. The SMILES string of the molecule is O[C@H]1Cc2ccccc2[C@H]1Nc1cc(C(F)(F)F)nc(-c2ccncc2)n1. The molecule has 1 aliphatic rings. The average molecular weight is 372 g/mol. The van der Waals surface area contributed by atoms with Crippen molar-refractivity contribution in [2.45, 2.75) is 24.7 Å². The molecule has 0 radical (unpaired) electrons. The second kappa shape index (κ2) is 6.62. The molecule has 0 saturated heterocycles.